The highest BCUT2D eigenvalue weighted by atomic mass is 32.2. The quantitative estimate of drug-likeness (QED) is 0.646. The van der Waals surface area contributed by atoms with Gasteiger partial charge < -0.3 is 5.73 Å². The van der Waals surface area contributed by atoms with Gasteiger partial charge in [-0.2, -0.15) is 0 Å². The molecule has 0 bridgehead atoms. The number of benzene rings is 1. The fraction of sp³-hybridized carbons (Fsp3) is 0.455. The summed E-state index contributed by atoms with van der Waals surface area (Å²) in [6.07, 6.45) is 0.258. The highest BCUT2D eigenvalue weighted by molar-refractivity contribution is 7.92. The third kappa shape index (κ3) is 3.05. The molecule has 100 valence electrons. The van der Waals surface area contributed by atoms with E-state index in [4.69, 9.17) is 5.73 Å². The lowest BCUT2D eigenvalue weighted by Gasteiger charge is -2.14. The Labute approximate surface area is 106 Å². The third-order valence-corrected chi connectivity index (χ3v) is 4.81. The molecule has 7 heteroatoms. The fourth-order valence-electron chi connectivity index (χ4n) is 1.72. The Hall–Kier alpha value is -1.47. The zero-order valence-corrected chi connectivity index (χ0v) is 11.1. The molecule has 0 radical (unpaired) electrons. The van der Waals surface area contributed by atoms with E-state index in [9.17, 15) is 18.5 Å². The molecule has 2 N–H and O–H groups in total. The second-order valence-electron chi connectivity index (χ2n) is 4.29. The summed E-state index contributed by atoms with van der Waals surface area (Å²) in [6, 6.07) is 5.07. The SMILES string of the molecule is CC(N)CC(C)S(=O)(=O)c1ccccc1[N+](=O)[O-]. The highest BCUT2D eigenvalue weighted by Crippen LogP contribution is 2.27. The molecular formula is C11H16N2O4S. The zero-order chi connectivity index (χ0) is 13.9. The Morgan fingerprint density at radius 3 is 2.39 bits per heavy atom. The first-order chi connectivity index (χ1) is 8.26. The fourth-order valence-corrected chi connectivity index (χ4v) is 3.41. The lowest BCUT2D eigenvalue weighted by molar-refractivity contribution is -0.387. The molecule has 0 spiro atoms. The summed E-state index contributed by atoms with van der Waals surface area (Å²) in [5.74, 6) is 0. The van der Waals surface area contributed by atoms with E-state index in [0.29, 0.717) is 0 Å². The maximum atomic E-state index is 12.2. The molecule has 0 fully saturated rings. The highest BCUT2D eigenvalue weighted by Gasteiger charge is 2.30. The molecule has 0 aromatic heterocycles. The minimum absolute atomic E-state index is 0.247. The minimum Gasteiger partial charge on any atom is -0.328 e. The molecular weight excluding hydrogens is 256 g/mol. The van der Waals surface area contributed by atoms with Crippen molar-refractivity contribution in [3.63, 3.8) is 0 Å². The van der Waals surface area contributed by atoms with E-state index in [1.807, 2.05) is 0 Å². The Balaban J connectivity index is 3.24. The van der Waals surface area contributed by atoms with Crippen LogP contribution in [0, 0.1) is 10.1 Å². The van der Waals surface area contributed by atoms with Crippen molar-refractivity contribution in [2.75, 3.05) is 0 Å². The molecule has 0 aliphatic carbocycles. The monoisotopic (exact) mass is 272 g/mol. The van der Waals surface area contributed by atoms with Gasteiger partial charge in [0.15, 0.2) is 9.84 Å². The maximum absolute atomic E-state index is 12.2. The largest absolute Gasteiger partial charge is 0.328 e. The van der Waals surface area contributed by atoms with Crippen molar-refractivity contribution in [1.29, 1.82) is 0 Å². The Morgan fingerprint density at radius 2 is 1.89 bits per heavy atom. The summed E-state index contributed by atoms with van der Waals surface area (Å²) < 4.78 is 24.5. The second-order valence-corrected chi connectivity index (χ2v) is 6.63. The van der Waals surface area contributed by atoms with Crippen LogP contribution in [-0.2, 0) is 9.84 Å². The number of para-hydroxylation sites is 1. The number of nitrogens with two attached hydrogens (primary N) is 1. The molecule has 2 atom stereocenters. The van der Waals surface area contributed by atoms with Crippen LogP contribution in [0.3, 0.4) is 0 Å². The van der Waals surface area contributed by atoms with E-state index >= 15 is 0 Å². The maximum Gasteiger partial charge on any atom is 0.287 e. The molecule has 0 aliphatic heterocycles. The number of rotatable bonds is 5. The first-order valence-electron chi connectivity index (χ1n) is 5.49. The van der Waals surface area contributed by atoms with E-state index in [2.05, 4.69) is 0 Å². The van der Waals surface area contributed by atoms with Crippen LogP contribution in [0.15, 0.2) is 29.2 Å². The van der Waals surface area contributed by atoms with Gasteiger partial charge in [0.25, 0.3) is 5.69 Å². The Morgan fingerprint density at radius 1 is 1.33 bits per heavy atom. The van der Waals surface area contributed by atoms with Crippen molar-refractivity contribution in [2.45, 2.75) is 36.5 Å². The lowest BCUT2D eigenvalue weighted by Crippen LogP contribution is -2.27. The van der Waals surface area contributed by atoms with Crippen LogP contribution in [0.5, 0.6) is 0 Å². The third-order valence-electron chi connectivity index (χ3n) is 2.60. The molecule has 1 rings (SSSR count). The first kappa shape index (κ1) is 14.6. The second kappa shape index (κ2) is 5.45. The summed E-state index contributed by atoms with van der Waals surface area (Å²) in [5.41, 5.74) is 5.17. The summed E-state index contributed by atoms with van der Waals surface area (Å²) in [6.45, 7) is 3.21. The molecule has 0 saturated carbocycles. The van der Waals surface area contributed by atoms with Crippen molar-refractivity contribution in [1.82, 2.24) is 0 Å². The van der Waals surface area contributed by atoms with Crippen LogP contribution in [0.2, 0.25) is 0 Å². The van der Waals surface area contributed by atoms with E-state index in [0.717, 1.165) is 0 Å². The van der Waals surface area contributed by atoms with Gasteiger partial charge in [-0.1, -0.05) is 12.1 Å². The topological polar surface area (TPSA) is 103 Å². The van der Waals surface area contributed by atoms with E-state index in [-0.39, 0.29) is 17.4 Å². The Bertz CT molecular complexity index is 540. The van der Waals surface area contributed by atoms with Crippen molar-refractivity contribution in [3.05, 3.63) is 34.4 Å². The van der Waals surface area contributed by atoms with E-state index < -0.39 is 25.7 Å². The van der Waals surface area contributed by atoms with Gasteiger partial charge in [-0.3, -0.25) is 10.1 Å². The zero-order valence-electron chi connectivity index (χ0n) is 10.2. The van der Waals surface area contributed by atoms with Gasteiger partial charge in [-0.15, -0.1) is 0 Å². The summed E-state index contributed by atoms with van der Waals surface area (Å²) >= 11 is 0. The first-order valence-corrected chi connectivity index (χ1v) is 7.04. The average molecular weight is 272 g/mol. The predicted molar refractivity (Wildman–Crippen MR) is 68.0 cm³/mol. The van der Waals surface area contributed by atoms with E-state index in [1.165, 1.54) is 31.2 Å². The van der Waals surface area contributed by atoms with Crippen molar-refractivity contribution < 1.29 is 13.3 Å². The number of nitrogens with zero attached hydrogens (tertiary/aromatic N) is 1. The minimum atomic E-state index is -3.73. The standard InChI is InChI=1S/C11H16N2O4S/c1-8(12)7-9(2)18(16,17)11-6-4-3-5-10(11)13(14)15/h3-6,8-9H,7,12H2,1-2H3. The van der Waals surface area contributed by atoms with Crippen molar-refractivity contribution >= 4 is 15.5 Å². The van der Waals surface area contributed by atoms with Crippen LogP contribution in [-0.4, -0.2) is 24.6 Å². The number of hydrogen-bond acceptors (Lipinski definition) is 5. The van der Waals surface area contributed by atoms with Crippen molar-refractivity contribution in [3.8, 4) is 0 Å². The Kier molecular flexibility index (Phi) is 4.42. The molecule has 0 heterocycles. The number of sulfone groups is 1. The van der Waals surface area contributed by atoms with Gasteiger partial charge >= 0.3 is 0 Å². The van der Waals surface area contributed by atoms with Gasteiger partial charge in [0.1, 0.15) is 4.90 Å². The van der Waals surface area contributed by atoms with E-state index in [1.54, 1.807) is 6.92 Å². The lowest BCUT2D eigenvalue weighted by atomic mass is 10.2. The summed E-state index contributed by atoms with van der Waals surface area (Å²) in [5, 5.41) is 10.1. The van der Waals surface area contributed by atoms with Crippen molar-refractivity contribution in [2.24, 2.45) is 5.73 Å². The summed E-state index contributed by atoms with van der Waals surface area (Å²) in [7, 11) is -3.73. The van der Waals surface area contributed by atoms with Gasteiger partial charge in [0, 0.05) is 12.1 Å². The van der Waals surface area contributed by atoms with Crippen LogP contribution in [0.1, 0.15) is 20.3 Å². The van der Waals surface area contributed by atoms with Crippen LogP contribution >= 0.6 is 0 Å². The molecule has 6 nitrogen and oxygen atoms in total. The van der Waals surface area contributed by atoms with Gasteiger partial charge in [-0.05, 0) is 26.3 Å². The molecule has 0 amide bonds. The normalized spacial score (nSPS) is 15.1. The molecule has 0 aliphatic rings. The molecule has 1 aromatic carbocycles. The molecule has 0 saturated heterocycles. The molecule has 2 unspecified atom stereocenters. The average Bonchev–Trinajstić information content (AvgIpc) is 2.28. The van der Waals surface area contributed by atoms with Crippen LogP contribution in [0.25, 0.3) is 0 Å². The summed E-state index contributed by atoms with van der Waals surface area (Å²) in [4.78, 5) is 9.89. The number of nitro groups is 1. The van der Waals surface area contributed by atoms with Crippen LogP contribution in [0.4, 0.5) is 5.69 Å². The van der Waals surface area contributed by atoms with Gasteiger partial charge in [0.05, 0.1) is 10.2 Å². The molecule has 1 aromatic rings. The van der Waals surface area contributed by atoms with Gasteiger partial charge in [0.2, 0.25) is 0 Å². The smallest absolute Gasteiger partial charge is 0.287 e. The van der Waals surface area contributed by atoms with Crippen LogP contribution < -0.4 is 5.73 Å². The van der Waals surface area contributed by atoms with Gasteiger partial charge in [-0.25, -0.2) is 8.42 Å². The molecule has 18 heavy (non-hydrogen) atoms. The predicted octanol–water partition coefficient (Wildman–Crippen LogP) is 1.49. The number of hydrogen-bond donors (Lipinski definition) is 1. The number of nitro benzene ring substituents is 1.